The fourth-order valence-corrected chi connectivity index (χ4v) is 2.04. The highest BCUT2D eigenvalue weighted by atomic mass is 16.5. The van der Waals surface area contributed by atoms with Crippen LogP contribution in [0.3, 0.4) is 0 Å². The van der Waals surface area contributed by atoms with Crippen molar-refractivity contribution in [2.45, 2.75) is 32.2 Å². The summed E-state index contributed by atoms with van der Waals surface area (Å²) >= 11 is 0. The van der Waals surface area contributed by atoms with Crippen molar-refractivity contribution in [2.75, 3.05) is 26.3 Å². The summed E-state index contributed by atoms with van der Waals surface area (Å²) in [5.41, 5.74) is 0. The average molecular weight is 212 g/mol. The quantitative estimate of drug-likeness (QED) is 0.761. The topological polar surface area (TPSA) is 41.6 Å². The van der Waals surface area contributed by atoms with Gasteiger partial charge in [-0.1, -0.05) is 0 Å². The van der Waals surface area contributed by atoms with Gasteiger partial charge in [-0.15, -0.1) is 0 Å². The molecule has 0 spiro atoms. The molecular formula is C11H20N2O2. The summed E-state index contributed by atoms with van der Waals surface area (Å²) in [5, 5.41) is 2.89. The summed E-state index contributed by atoms with van der Waals surface area (Å²) in [4.78, 5) is 13.8. The number of hydrogen-bond acceptors (Lipinski definition) is 2. The Morgan fingerprint density at radius 1 is 1.47 bits per heavy atom. The van der Waals surface area contributed by atoms with Crippen molar-refractivity contribution in [3.63, 3.8) is 0 Å². The van der Waals surface area contributed by atoms with E-state index in [-0.39, 0.29) is 6.03 Å². The van der Waals surface area contributed by atoms with Gasteiger partial charge in [0.2, 0.25) is 0 Å². The molecule has 2 rings (SSSR count). The molecule has 2 aliphatic rings. The molecule has 1 saturated heterocycles. The van der Waals surface area contributed by atoms with Gasteiger partial charge in [-0.3, -0.25) is 0 Å². The molecule has 0 radical (unpaired) electrons. The summed E-state index contributed by atoms with van der Waals surface area (Å²) in [7, 11) is 0. The van der Waals surface area contributed by atoms with Gasteiger partial charge in [0.05, 0.1) is 6.61 Å². The SMILES string of the molecule is CCNC(=O)N(C[C@@H]1CCOC1)C1CC1. The maximum absolute atomic E-state index is 11.8. The zero-order valence-corrected chi connectivity index (χ0v) is 9.37. The van der Waals surface area contributed by atoms with Gasteiger partial charge in [0.15, 0.2) is 0 Å². The summed E-state index contributed by atoms with van der Waals surface area (Å²) < 4.78 is 5.34. The minimum Gasteiger partial charge on any atom is -0.381 e. The van der Waals surface area contributed by atoms with Crippen LogP contribution in [0.2, 0.25) is 0 Å². The first-order valence-corrected chi connectivity index (χ1v) is 5.93. The third kappa shape index (κ3) is 2.84. The van der Waals surface area contributed by atoms with Gasteiger partial charge in [0.25, 0.3) is 0 Å². The number of rotatable bonds is 4. The highest BCUT2D eigenvalue weighted by molar-refractivity contribution is 5.74. The molecular weight excluding hydrogens is 192 g/mol. The molecule has 15 heavy (non-hydrogen) atoms. The van der Waals surface area contributed by atoms with E-state index >= 15 is 0 Å². The standard InChI is InChI=1S/C11H20N2O2/c1-2-12-11(14)13(10-3-4-10)7-9-5-6-15-8-9/h9-10H,2-8H2,1H3,(H,12,14)/t9-/m0/s1. The largest absolute Gasteiger partial charge is 0.381 e. The third-order valence-electron chi connectivity index (χ3n) is 3.06. The number of carbonyl (C=O) groups excluding carboxylic acids is 1. The fourth-order valence-electron chi connectivity index (χ4n) is 2.04. The monoisotopic (exact) mass is 212 g/mol. The van der Waals surface area contributed by atoms with E-state index in [1.807, 2.05) is 11.8 Å². The first-order chi connectivity index (χ1) is 7.31. The zero-order valence-electron chi connectivity index (χ0n) is 9.37. The van der Waals surface area contributed by atoms with E-state index in [1.54, 1.807) is 0 Å². The van der Waals surface area contributed by atoms with Crippen molar-refractivity contribution in [3.8, 4) is 0 Å². The number of nitrogens with one attached hydrogen (secondary N) is 1. The summed E-state index contributed by atoms with van der Waals surface area (Å²) in [6, 6.07) is 0.601. The Bertz CT molecular complexity index is 223. The number of nitrogens with zero attached hydrogens (tertiary/aromatic N) is 1. The Labute approximate surface area is 91.0 Å². The predicted octanol–water partition coefficient (Wildman–Crippen LogP) is 1.22. The van der Waals surface area contributed by atoms with Crippen LogP contribution in [0.5, 0.6) is 0 Å². The Balaban J connectivity index is 1.84. The van der Waals surface area contributed by atoms with Crippen molar-refractivity contribution >= 4 is 6.03 Å². The molecule has 1 aliphatic carbocycles. The van der Waals surface area contributed by atoms with Crippen LogP contribution in [0.4, 0.5) is 4.79 Å². The molecule has 0 unspecified atom stereocenters. The fraction of sp³-hybridized carbons (Fsp3) is 0.909. The molecule has 2 fully saturated rings. The normalized spacial score (nSPS) is 25.3. The molecule has 1 atom stereocenters. The highest BCUT2D eigenvalue weighted by Gasteiger charge is 2.34. The van der Waals surface area contributed by atoms with Crippen LogP contribution in [-0.2, 0) is 4.74 Å². The molecule has 0 bridgehead atoms. The average Bonchev–Trinajstić information content (AvgIpc) is 2.93. The molecule has 1 aliphatic heterocycles. The number of hydrogen-bond donors (Lipinski definition) is 1. The minimum atomic E-state index is 0.104. The van der Waals surface area contributed by atoms with Gasteiger partial charge in [-0.05, 0) is 26.2 Å². The third-order valence-corrected chi connectivity index (χ3v) is 3.06. The van der Waals surface area contributed by atoms with E-state index in [9.17, 15) is 4.79 Å². The predicted molar refractivity (Wildman–Crippen MR) is 57.7 cm³/mol. The number of carbonyl (C=O) groups is 1. The van der Waals surface area contributed by atoms with E-state index in [0.717, 1.165) is 26.2 Å². The molecule has 4 nitrogen and oxygen atoms in total. The number of urea groups is 1. The summed E-state index contributed by atoms with van der Waals surface area (Å²) in [6.07, 6.45) is 3.44. The Morgan fingerprint density at radius 3 is 2.80 bits per heavy atom. The van der Waals surface area contributed by atoms with Crippen LogP contribution in [0, 0.1) is 5.92 Å². The van der Waals surface area contributed by atoms with Crippen molar-refractivity contribution in [1.29, 1.82) is 0 Å². The molecule has 0 aromatic carbocycles. The van der Waals surface area contributed by atoms with Crippen LogP contribution < -0.4 is 5.32 Å². The molecule has 1 saturated carbocycles. The van der Waals surface area contributed by atoms with Gasteiger partial charge in [-0.2, -0.15) is 0 Å². The first kappa shape index (κ1) is 10.7. The van der Waals surface area contributed by atoms with Crippen LogP contribution >= 0.6 is 0 Å². The molecule has 0 aromatic rings. The Morgan fingerprint density at radius 2 is 2.27 bits per heavy atom. The van der Waals surface area contributed by atoms with E-state index in [2.05, 4.69) is 5.32 Å². The van der Waals surface area contributed by atoms with Crippen LogP contribution in [0.1, 0.15) is 26.2 Å². The Kier molecular flexibility index (Phi) is 3.46. The lowest BCUT2D eigenvalue weighted by Crippen LogP contribution is -2.43. The molecule has 2 amide bonds. The van der Waals surface area contributed by atoms with Crippen LogP contribution in [0.25, 0.3) is 0 Å². The molecule has 1 heterocycles. The molecule has 1 N–H and O–H groups in total. The maximum Gasteiger partial charge on any atom is 0.317 e. The minimum absolute atomic E-state index is 0.104. The second kappa shape index (κ2) is 4.84. The lowest BCUT2D eigenvalue weighted by Gasteiger charge is -2.25. The summed E-state index contributed by atoms with van der Waals surface area (Å²) in [6.45, 7) is 5.22. The van der Waals surface area contributed by atoms with E-state index in [4.69, 9.17) is 4.74 Å². The number of ether oxygens (including phenoxy) is 1. The zero-order chi connectivity index (χ0) is 10.7. The maximum atomic E-state index is 11.8. The van der Waals surface area contributed by atoms with Gasteiger partial charge in [-0.25, -0.2) is 4.79 Å². The lowest BCUT2D eigenvalue weighted by molar-refractivity contribution is 0.162. The van der Waals surface area contributed by atoms with Gasteiger partial charge in [0.1, 0.15) is 0 Å². The van der Waals surface area contributed by atoms with Crippen molar-refractivity contribution in [2.24, 2.45) is 5.92 Å². The molecule has 86 valence electrons. The van der Waals surface area contributed by atoms with E-state index in [1.165, 1.54) is 12.8 Å². The van der Waals surface area contributed by atoms with Crippen molar-refractivity contribution in [3.05, 3.63) is 0 Å². The second-order valence-corrected chi connectivity index (χ2v) is 4.45. The van der Waals surface area contributed by atoms with Crippen LogP contribution in [0.15, 0.2) is 0 Å². The first-order valence-electron chi connectivity index (χ1n) is 5.93. The molecule has 4 heteroatoms. The van der Waals surface area contributed by atoms with Gasteiger partial charge < -0.3 is 15.0 Å². The Hall–Kier alpha value is -0.770. The summed E-state index contributed by atoms with van der Waals surface area (Å²) in [5.74, 6) is 0.549. The van der Waals surface area contributed by atoms with Gasteiger partial charge >= 0.3 is 6.03 Å². The van der Waals surface area contributed by atoms with E-state index in [0.29, 0.717) is 18.5 Å². The number of amides is 2. The van der Waals surface area contributed by atoms with Gasteiger partial charge in [0, 0.05) is 31.7 Å². The smallest absolute Gasteiger partial charge is 0.317 e. The molecule has 0 aromatic heterocycles. The second-order valence-electron chi connectivity index (χ2n) is 4.45. The van der Waals surface area contributed by atoms with Crippen molar-refractivity contribution < 1.29 is 9.53 Å². The lowest BCUT2D eigenvalue weighted by atomic mass is 10.1. The van der Waals surface area contributed by atoms with E-state index < -0.39 is 0 Å². The van der Waals surface area contributed by atoms with Crippen LogP contribution in [-0.4, -0.2) is 43.3 Å². The van der Waals surface area contributed by atoms with Crippen molar-refractivity contribution in [1.82, 2.24) is 10.2 Å². The highest BCUT2D eigenvalue weighted by Crippen LogP contribution is 2.28.